The van der Waals surface area contributed by atoms with E-state index in [9.17, 15) is 34.2 Å². The second-order valence-electron chi connectivity index (χ2n) is 24.8. The lowest BCUT2D eigenvalue weighted by Crippen LogP contribution is -2.61. The number of ketones is 3. The first-order valence-corrected chi connectivity index (χ1v) is 30.7. The summed E-state index contributed by atoms with van der Waals surface area (Å²) in [6.45, 7) is 12.8. The number of methoxy groups -OCH3 is 3. The molecule has 8 rings (SSSR count). The van der Waals surface area contributed by atoms with Gasteiger partial charge in [-0.05, 0) is 131 Å². The van der Waals surface area contributed by atoms with Crippen molar-refractivity contribution in [1.29, 1.82) is 0 Å². The van der Waals surface area contributed by atoms with Crippen molar-refractivity contribution in [3.8, 4) is 11.3 Å². The number of oxazole rings is 1. The lowest BCUT2D eigenvalue weighted by atomic mass is 9.68. The van der Waals surface area contributed by atoms with Gasteiger partial charge in [0.25, 0.3) is 25.1 Å². The second kappa shape index (κ2) is 29.1. The molecule has 4 aliphatic rings. The summed E-state index contributed by atoms with van der Waals surface area (Å²) in [5.41, 5.74) is 16.6. The first-order valence-electron chi connectivity index (χ1n) is 30.7. The molecule has 1 amide bonds. The van der Waals surface area contributed by atoms with Crippen LogP contribution in [-0.2, 0) is 47.7 Å². The Morgan fingerprint density at radius 2 is 1.67 bits per heavy atom. The van der Waals surface area contributed by atoms with Crippen molar-refractivity contribution in [3.63, 3.8) is 0 Å². The standard InChI is InChI=1S/C64H89BN8O13/c1-35-16-12-11-13-17-36(2)50(81-8)31-45-23-19-41(7)64(80,86-45)58(77)61(78)72-25-15-14-18-47(72)62(79)84-51(32-48(74)37(3)27-40(6)56(76)57(83-10)55(75)39(5)26-35)38(4)28-42-20-21-44(52(29-42)82-9)33-65-73-60-53(59(66)68-34-69-60)54(71-73)43-22-24-49-46(30-43)70-63(67)85-49/h11-13,16-17,22,24,27,30,34-35,37-39,41-42,44-45,47,50-52,56-57,65,76,80H,14-15,18-21,23,25-26,28-29,31-33H2,1-10H3,(H2,67,70)(H2,66,68,69)/b13-11+,16-12+,36-17+,40-27+/t35-,37-,38-,39-,41-,42+,44+,45+,47+,50+,51+,52-,56-,57+,64-/m1/s1. The highest BCUT2D eigenvalue weighted by molar-refractivity contribution is 6.39. The van der Waals surface area contributed by atoms with Gasteiger partial charge in [0, 0.05) is 64.0 Å². The van der Waals surface area contributed by atoms with E-state index in [2.05, 4.69) is 15.0 Å². The van der Waals surface area contributed by atoms with Crippen molar-refractivity contribution in [3.05, 3.63) is 72.1 Å². The predicted octanol–water partition coefficient (Wildman–Crippen LogP) is 7.87. The number of esters is 1. The van der Waals surface area contributed by atoms with Gasteiger partial charge in [-0.2, -0.15) is 10.1 Å². The van der Waals surface area contributed by atoms with E-state index in [1.807, 2.05) is 74.8 Å². The Kier molecular flexibility index (Phi) is 22.1. The number of nitrogen functional groups attached to an aromatic ring is 2. The van der Waals surface area contributed by atoms with E-state index in [1.165, 1.54) is 18.3 Å². The van der Waals surface area contributed by atoms with E-state index in [0.29, 0.717) is 98.0 Å². The van der Waals surface area contributed by atoms with Gasteiger partial charge in [0.05, 0.1) is 23.7 Å². The van der Waals surface area contributed by atoms with E-state index < -0.39 is 77.8 Å². The Balaban J connectivity index is 1.02. The van der Waals surface area contributed by atoms with Crippen LogP contribution >= 0.6 is 0 Å². The number of carbonyl (C=O) groups excluding carboxylic acids is 5. The number of benzene rings is 1. The number of amides is 1. The number of nitrogens with two attached hydrogens (primary N) is 2. The third-order valence-electron chi connectivity index (χ3n) is 18.6. The average molecular weight is 1190 g/mol. The minimum absolute atomic E-state index is 0.000659. The van der Waals surface area contributed by atoms with E-state index in [4.69, 9.17) is 44.7 Å². The number of aromatic nitrogens is 5. The van der Waals surface area contributed by atoms with Crippen LogP contribution in [0.3, 0.4) is 0 Å². The lowest BCUT2D eigenvalue weighted by molar-refractivity contribution is -0.265. The van der Waals surface area contributed by atoms with E-state index in [0.717, 1.165) is 30.3 Å². The lowest BCUT2D eigenvalue weighted by Gasteiger charge is -2.42. The fourth-order valence-corrected chi connectivity index (χ4v) is 13.3. The van der Waals surface area contributed by atoms with Crippen LogP contribution in [0.25, 0.3) is 33.4 Å². The minimum atomic E-state index is -2.46. The molecular formula is C64H89BN8O13. The number of ether oxygens (including phenoxy) is 5. The van der Waals surface area contributed by atoms with Gasteiger partial charge in [0.2, 0.25) is 5.79 Å². The summed E-state index contributed by atoms with van der Waals surface area (Å²) in [4.78, 5) is 86.6. The number of hydrogen-bond donors (Lipinski definition) is 4. The Bertz CT molecular complexity index is 3190. The van der Waals surface area contributed by atoms with Crippen molar-refractivity contribution in [1.82, 2.24) is 29.5 Å². The molecule has 3 aliphatic heterocycles. The molecule has 2 bridgehead atoms. The summed E-state index contributed by atoms with van der Waals surface area (Å²) < 4.78 is 37.8. The number of Topliss-reactive ketones (excluding diaryl/α,β-unsaturated/α-hetero) is 3. The normalized spacial score (nSPS) is 33.5. The van der Waals surface area contributed by atoms with Crippen LogP contribution in [0.1, 0.15) is 126 Å². The maximum absolute atomic E-state index is 14.8. The highest BCUT2D eigenvalue weighted by Gasteiger charge is 2.53. The number of allylic oxidation sites excluding steroid dienone is 6. The molecule has 6 N–H and O–H groups in total. The molecule has 0 unspecified atom stereocenters. The summed E-state index contributed by atoms with van der Waals surface area (Å²) in [5, 5.41) is 29.4. The van der Waals surface area contributed by atoms with Gasteiger partial charge < -0.3 is 54.7 Å². The number of piperidine rings is 1. The minimum Gasteiger partial charge on any atom is -0.460 e. The van der Waals surface area contributed by atoms with Crippen molar-refractivity contribution < 1.29 is 62.3 Å². The molecule has 466 valence electrons. The molecule has 3 aromatic heterocycles. The summed E-state index contributed by atoms with van der Waals surface area (Å²) >= 11 is 0. The molecule has 86 heavy (non-hydrogen) atoms. The molecule has 6 heterocycles. The fraction of sp³-hybridized carbons (Fsp3) is 0.609. The van der Waals surface area contributed by atoms with Crippen LogP contribution in [0.5, 0.6) is 0 Å². The number of nitrogens with zero attached hydrogens (tertiary/aromatic N) is 6. The number of rotatable bonds is 10. The van der Waals surface area contributed by atoms with Crippen molar-refractivity contribution >= 4 is 70.6 Å². The third-order valence-corrected chi connectivity index (χ3v) is 18.6. The van der Waals surface area contributed by atoms with Gasteiger partial charge >= 0.3 is 5.97 Å². The van der Waals surface area contributed by atoms with Gasteiger partial charge in [0.1, 0.15) is 53.5 Å². The molecule has 15 atom stereocenters. The highest BCUT2D eigenvalue weighted by atomic mass is 16.6. The van der Waals surface area contributed by atoms with Crippen LogP contribution in [0, 0.1) is 41.4 Å². The average Bonchev–Trinajstić information content (AvgIpc) is 1.56. The molecule has 21 nitrogen and oxygen atoms in total. The van der Waals surface area contributed by atoms with Crippen molar-refractivity contribution in [2.24, 2.45) is 41.4 Å². The molecule has 1 aliphatic carbocycles. The molecule has 0 radical (unpaired) electrons. The molecular weight excluding hydrogens is 1100 g/mol. The Morgan fingerprint density at radius 1 is 0.895 bits per heavy atom. The first-order chi connectivity index (χ1) is 41.0. The zero-order valence-corrected chi connectivity index (χ0v) is 51.7. The van der Waals surface area contributed by atoms with Crippen LogP contribution in [0.2, 0.25) is 6.32 Å². The second-order valence-corrected chi connectivity index (χ2v) is 24.8. The molecule has 2 saturated heterocycles. The molecule has 4 aromatic rings. The SMILES string of the molecule is CO[C@H]1C[C@@H]2CC[C@@H](C)[C@@](O)(O2)C(=O)C(=O)N2CCCC[C@H]2C(=O)O[C@H]([C@H](C)C[C@@H]2CC[C@@H](CBn3nc(-c4ccc5oc(N)nc5c4)c4c(N)ncnc43)[C@H](OC)C2)CC(=O)[C@H](C)/C=C(\C)[C@@H](O)[C@@H](OC)C(=O)[C@H](C)C[C@H](C)/C=C/C=C/C=C/1C. The molecule has 0 spiro atoms. The fourth-order valence-electron chi connectivity index (χ4n) is 13.3. The predicted molar refractivity (Wildman–Crippen MR) is 327 cm³/mol. The van der Waals surface area contributed by atoms with Crippen LogP contribution in [-0.4, -0.2) is 153 Å². The number of carbonyl (C=O) groups is 5. The van der Waals surface area contributed by atoms with Crippen LogP contribution < -0.4 is 11.5 Å². The van der Waals surface area contributed by atoms with Crippen molar-refractivity contribution in [2.45, 2.75) is 180 Å². The van der Waals surface area contributed by atoms with E-state index >= 15 is 0 Å². The van der Waals surface area contributed by atoms with Gasteiger partial charge in [-0.1, -0.05) is 77.5 Å². The Hall–Kier alpha value is -6.43. The van der Waals surface area contributed by atoms with Gasteiger partial charge in [-0.15, -0.1) is 0 Å². The van der Waals surface area contributed by atoms with Gasteiger partial charge in [-0.25, -0.2) is 14.8 Å². The first kappa shape index (κ1) is 65.5. The van der Waals surface area contributed by atoms with Crippen molar-refractivity contribution in [2.75, 3.05) is 39.3 Å². The maximum atomic E-state index is 14.8. The summed E-state index contributed by atoms with van der Waals surface area (Å²) in [6.07, 6.45) is 14.4. The Labute approximate surface area is 505 Å². The molecule has 22 heteroatoms. The van der Waals surface area contributed by atoms with Crippen LogP contribution in [0.4, 0.5) is 11.8 Å². The molecule has 3 fully saturated rings. The number of anilines is 2. The van der Waals surface area contributed by atoms with E-state index in [1.54, 1.807) is 47.1 Å². The smallest absolute Gasteiger partial charge is 0.329 e. The maximum Gasteiger partial charge on any atom is 0.329 e. The summed E-state index contributed by atoms with van der Waals surface area (Å²) in [6, 6.07) is 4.39. The monoisotopic (exact) mass is 1190 g/mol. The number of aliphatic hydroxyl groups excluding tert-OH is 1. The molecule has 1 aromatic carbocycles. The Morgan fingerprint density at radius 3 is 2.42 bits per heavy atom. The van der Waals surface area contributed by atoms with Gasteiger partial charge in [-0.3, -0.25) is 23.8 Å². The quantitative estimate of drug-likeness (QED) is 0.0508. The molecule has 1 saturated carbocycles. The number of aliphatic hydroxyl groups is 2. The van der Waals surface area contributed by atoms with Gasteiger partial charge in [0.15, 0.2) is 17.0 Å². The zero-order chi connectivity index (χ0) is 62.1. The van der Waals surface area contributed by atoms with E-state index in [-0.39, 0.29) is 66.7 Å². The summed E-state index contributed by atoms with van der Waals surface area (Å²) in [5.74, 6) is -7.72. The number of hydrogen-bond acceptors (Lipinski definition) is 19. The largest absolute Gasteiger partial charge is 0.460 e. The highest BCUT2D eigenvalue weighted by Crippen LogP contribution is 2.40. The number of cyclic esters (lactones) is 1. The number of fused-ring (bicyclic) bond motifs is 5. The zero-order valence-electron chi connectivity index (χ0n) is 51.7. The topological polar surface area (TPSA) is 297 Å². The van der Waals surface area contributed by atoms with Crippen LogP contribution in [0.15, 0.2) is 76.5 Å². The third kappa shape index (κ3) is 15.1. The summed E-state index contributed by atoms with van der Waals surface area (Å²) in [7, 11) is 5.19.